The third-order valence-corrected chi connectivity index (χ3v) is 3.29. The summed E-state index contributed by atoms with van der Waals surface area (Å²) in [5.41, 5.74) is 3.04. The lowest BCUT2D eigenvalue weighted by molar-refractivity contribution is -0.116. The lowest BCUT2D eigenvalue weighted by atomic mass is 9.99. The molecule has 1 unspecified atom stereocenters. The minimum Gasteiger partial charge on any atom is -0.326 e. The van der Waals surface area contributed by atoms with Crippen molar-refractivity contribution in [3.63, 3.8) is 0 Å². The van der Waals surface area contributed by atoms with Crippen LogP contribution in [0.3, 0.4) is 0 Å². The molecule has 1 amide bonds. The molecule has 0 saturated heterocycles. The molecule has 1 N–H and O–H groups in total. The van der Waals surface area contributed by atoms with E-state index in [1.165, 1.54) is 0 Å². The molecule has 0 aliphatic carbocycles. The standard InChI is InChI=1S/C16H22N2O/c1-4-6-14(11-17)9-10-15(19)18-16-12(2)7-5-8-13(16)3/h5,7-8,14H,4,6,9-10H2,1-3H3,(H,18,19). The maximum atomic E-state index is 11.9. The first-order valence-electron chi connectivity index (χ1n) is 6.84. The summed E-state index contributed by atoms with van der Waals surface area (Å²) in [5, 5.41) is 11.9. The summed E-state index contributed by atoms with van der Waals surface area (Å²) in [6.07, 6.45) is 2.90. The van der Waals surface area contributed by atoms with Crippen molar-refractivity contribution in [1.82, 2.24) is 0 Å². The van der Waals surface area contributed by atoms with E-state index in [1.807, 2.05) is 32.0 Å². The van der Waals surface area contributed by atoms with Crippen LogP contribution in [0.5, 0.6) is 0 Å². The fraction of sp³-hybridized carbons (Fsp3) is 0.500. The van der Waals surface area contributed by atoms with Gasteiger partial charge in [-0.05, 0) is 37.8 Å². The van der Waals surface area contributed by atoms with Gasteiger partial charge < -0.3 is 5.32 Å². The fourth-order valence-electron chi connectivity index (χ4n) is 2.14. The van der Waals surface area contributed by atoms with Crippen molar-refractivity contribution < 1.29 is 4.79 Å². The van der Waals surface area contributed by atoms with Crippen molar-refractivity contribution in [2.75, 3.05) is 5.32 Å². The van der Waals surface area contributed by atoms with E-state index in [2.05, 4.69) is 18.3 Å². The van der Waals surface area contributed by atoms with Gasteiger partial charge in [0.1, 0.15) is 0 Å². The highest BCUT2D eigenvalue weighted by molar-refractivity contribution is 5.92. The lowest BCUT2D eigenvalue weighted by Crippen LogP contribution is -2.14. The van der Waals surface area contributed by atoms with Crippen molar-refractivity contribution >= 4 is 11.6 Å². The van der Waals surface area contributed by atoms with Gasteiger partial charge in [-0.15, -0.1) is 0 Å². The van der Waals surface area contributed by atoms with Crippen molar-refractivity contribution in [2.45, 2.75) is 46.5 Å². The molecule has 102 valence electrons. The summed E-state index contributed by atoms with van der Waals surface area (Å²) < 4.78 is 0. The van der Waals surface area contributed by atoms with E-state index in [-0.39, 0.29) is 11.8 Å². The van der Waals surface area contributed by atoms with E-state index >= 15 is 0 Å². The van der Waals surface area contributed by atoms with Crippen molar-refractivity contribution in [3.05, 3.63) is 29.3 Å². The Kier molecular flexibility index (Phi) is 6.08. The molecule has 1 aromatic carbocycles. The third-order valence-electron chi connectivity index (χ3n) is 3.29. The Morgan fingerprint density at radius 3 is 2.47 bits per heavy atom. The minimum atomic E-state index is -0.00582. The van der Waals surface area contributed by atoms with E-state index in [1.54, 1.807) is 0 Å². The average Bonchev–Trinajstić information content (AvgIpc) is 2.39. The number of carbonyl (C=O) groups is 1. The number of carbonyl (C=O) groups excluding carboxylic acids is 1. The molecule has 0 spiro atoms. The molecule has 3 heteroatoms. The van der Waals surface area contributed by atoms with Gasteiger partial charge in [-0.2, -0.15) is 5.26 Å². The molecular weight excluding hydrogens is 236 g/mol. The molecule has 0 heterocycles. The zero-order valence-corrected chi connectivity index (χ0v) is 12.0. The van der Waals surface area contributed by atoms with Gasteiger partial charge in [0, 0.05) is 18.0 Å². The zero-order valence-electron chi connectivity index (χ0n) is 12.0. The molecule has 0 radical (unpaired) electrons. The van der Waals surface area contributed by atoms with E-state index in [9.17, 15) is 4.79 Å². The van der Waals surface area contributed by atoms with Crippen LogP contribution in [0.15, 0.2) is 18.2 Å². The van der Waals surface area contributed by atoms with Crippen LogP contribution in [0.4, 0.5) is 5.69 Å². The zero-order chi connectivity index (χ0) is 14.3. The highest BCUT2D eigenvalue weighted by Crippen LogP contribution is 2.20. The highest BCUT2D eigenvalue weighted by Gasteiger charge is 2.11. The summed E-state index contributed by atoms with van der Waals surface area (Å²) in [5.74, 6) is -0.0116. The number of nitriles is 1. The largest absolute Gasteiger partial charge is 0.326 e. The molecule has 1 aromatic rings. The van der Waals surface area contributed by atoms with Gasteiger partial charge >= 0.3 is 0 Å². The van der Waals surface area contributed by atoms with Crippen LogP contribution in [-0.4, -0.2) is 5.91 Å². The van der Waals surface area contributed by atoms with Crippen LogP contribution in [0.1, 0.15) is 43.7 Å². The molecule has 0 bridgehead atoms. The Hall–Kier alpha value is -1.82. The van der Waals surface area contributed by atoms with Gasteiger partial charge in [-0.3, -0.25) is 4.79 Å². The first-order chi connectivity index (χ1) is 9.08. The van der Waals surface area contributed by atoms with Gasteiger partial charge in [0.25, 0.3) is 0 Å². The molecular formula is C16H22N2O. The van der Waals surface area contributed by atoms with E-state index in [0.29, 0.717) is 12.8 Å². The van der Waals surface area contributed by atoms with Gasteiger partial charge in [-0.25, -0.2) is 0 Å². The highest BCUT2D eigenvalue weighted by atomic mass is 16.1. The number of nitrogens with one attached hydrogen (secondary N) is 1. The number of aryl methyl sites for hydroxylation is 2. The third kappa shape index (κ3) is 4.75. The molecule has 0 aromatic heterocycles. The summed E-state index contributed by atoms with van der Waals surface area (Å²) in [7, 11) is 0. The summed E-state index contributed by atoms with van der Waals surface area (Å²) in [6.45, 7) is 6.02. The predicted molar refractivity (Wildman–Crippen MR) is 77.8 cm³/mol. The van der Waals surface area contributed by atoms with Crippen LogP contribution in [0.2, 0.25) is 0 Å². The summed E-state index contributed by atoms with van der Waals surface area (Å²) in [6, 6.07) is 8.21. The topological polar surface area (TPSA) is 52.9 Å². The van der Waals surface area contributed by atoms with Crippen molar-refractivity contribution in [3.8, 4) is 6.07 Å². The number of para-hydroxylation sites is 1. The molecule has 1 atom stereocenters. The molecule has 1 rings (SSSR count). The van der Waals surface area contributed by atoms with Gasteiger partial charge in [0.2, 0.25) is 5.91 Å². The van der Waals surface area contributed by atoms with Crippen LogP contribution < -0.4 is 5.32 Å². The molecule has 3 nitrogen and oxygen atoms in total. The lowest BCUT2D eigenvalue weighted by Gasteiger charge is -2.12. The second-order valence-corrected chi connectivity index (χ2v) is 4.97. The Morgan fingerprint density at radius 2 is 1.95 bits per heavy atom. The summed E-state index contributed by atoms with van der Waals surface area (Å²) >= 11 is 0. The first kappa shape index (κ1) is 15.2. The van der Waals surface area contributed by atoms with Crippen molar-refractivity contribution in [2.24, 2.45) is 5.92 Å². The average molecular weight is 258 g/mol. The number of anilines is 1. The number of nitrogens with zero attached hydrogens (tertiary/aromatic N) is 1. The quantitative estimate of drug-likeness (QED) is 0.839. The monoisotopic (exact) mass is 258 g/mol. The number of amides is 1. The van der Waals surface area contributed by atoms with E-state index < -0.39 is 0 Å². The van der Waals surface area contributed by atoms with Crippen LogP contribution in [-0.2, 0) is 4.79 Å². The fourth-order valence-corrected chi connectivity index (χ4v) is 2.14. The smallest absolute Gasteiger partial charge is 0.224 e. The van der Waals surface area contributed by atoms with Gasteiger partial charge in [-0.1, -0.05) is 31.5 Å². The van der Waals surface area contributed by atoms with Crippen LogP contribution >= 0.6 is 0 Å². The maximum absolute atomic E-state index is 11.9. The number of rotatable bonds is 6. The van der Waals surface area contributed by atoms with E-state index in [4.69, 9.17) is 5.26 Å². The second-order valence-electron chi connectivity index (χ2n) is 4.97. The number of benzene rings is 1. The molecule has 0 aliphatic rings. The first-order valence-corrected chi connectivity index (χ1v) is 6.84. The molecule has 0 aliphatic heterocycles. The molecule has 19 heavy (non-hydrogen) atoms. The summed E-state index contributed by atoms with van der Waals surface area (Å²) in [4.78, 5) is 11.9. The number of hydrogen-bond donors (Lipinski definition) is 1. The molecule has 0 saturated carbocycles. The normalized spacial score (nSPS) is 11.7. The second kappa shape index (κ2) is 7.58. The Morgan fingerprint density at radius 1 is 1.32 bits per heavy atom. The van der Waals surface area contributed by atoms with Crippen molar-refractivity contribution in [1.29, 1.82) is 5.26 Å². The minimum absolute atomic E-state index is 0.00578. The van der Waals surface area contributed by atoms with Gasteiger partial charge in [0.15, 0.2) is 0 Å². The Balaban J connectivity index is 2.54. The van der Waals surface area contributed by atoms with E-state index in [0.717, 1.165) is 29.7 Å². The maximum Gasteiger partial charge on any atom is 0.224 e. The SMILES string of the molecule is CCCC(C#N)CCC(=O)Nc1c(C)cccc1C. The Labute approximate surface area is 115 Å². The van der Waals surface area contributed by atoms with Gasteiger partial charge in [0.05, 0.1) is 6.07 Å². The van der Waals surface area contributed by atoms with Crippen LogP contribution in [0.25, 0.3) is 0 Å². The Bertz CT molecular complexity index is 454. The van der Waals surface area contributed by atoms with Crippen LogP contribution in [0, 0.1) is 31.1 Å². The predicted octanol–water partition coefficient (Wildman–Crippen LogP) is 3.96. The molecule has 0 fully saturated rings. The number of hydrogen-bond acceptors (Lipinski definition) is 2.